The van der Waals surface area contributed by atoms with Crippen molar-refractivity contribution >= 4 is 22.5 Å². The molecule has 0 amide bonds. The summed E-state index contributed by atoms with van der Waals surface area (Å²) in [6.07, 6.45) is 1.78. The Morgan fingerprint density at radius 1 is 1.33 bits per heavy atom. The lowest BCUT2D eigenvalue weighted by Crippen LogP contribution is -1.86. The monoisotopic (exact) mass is 178 g/mol. The van der Waals surface area contributed by atoms with E-state index in [9.17, 15) is 0 Å². The third-order valence-electron chi connectivity index (χ3n) is 1.66. The first-order chi connectivity index (χ1) is 5.75. The van der Waals surface area contributed by atoms with E-state index >= 15 is 0 Å². The van der Waals surface area contributed by atoms with E-state index < -0.39 is 0 Å². The Bertz CT molecular complexity index is 385. The minimum atomic E-state index is 0.718. The Hall–Kier alpha value is -1.15. The Balaban J connectivity index is 2.79. The van der Waals surface area contributed by atoms with Crippen molar-refractivity contribution in [2.75, 3.05) is 0 Å². The number of benzene rings is 1. The van der Waals surface area contributed by atoms with Crippen LogP contribution in [0.25, 0.3) is 10.9 Å². The Morgan fingerprint density at radius 3 is 3.00 bits per heavy atom. The normalized spacial score (nSPS) is 10.5. The number of hydrogen-bond acceptors (Lipinski definition) is 2. The van der Waals surface area contributed by atoms with Crippen LogP contribution >= 0.6 is 11.6 Å². The quantitative estimate of drug-likeness (QED) is 0.620. The molecule has 0 bridgehead atoms. The van der Waals surface area contributed by atoms with Crippen LogP contribution < -0.4 is 0 Å². The molecule has 1 aromatic carbocycles. The van der Waals surface area contributed by atoms with Gasteiger partial charge in [0.25, 0.3) is 0 Å². The maximum atomic E-state index is 5.80. The highest BCUT2D eigenvalue weighted by Gasteiger charge is 1.96. The Morgan fingerprint density at radius 2 is 2.17 bits per heavy atom. The van der Waals surface area contributed by atoms with Crippen LogP contribution in [0.2, 0.25) is 5.02 Å². The minimum Gasteiger partial charge on any atom is -0.241 e. The van der Waals surface area contributed by atoms with Gasteiger partial charge in [-0.1, -0.05) is 11.6 Å². The second kappa shape index (κ2) is 2.72. The van der Waals surface area contributed by atoms with Gasteiger partial charge in [0.15, 0.2) is 0 Å². The number of hydrogen-bond donors (Lipinski definition) is 0. The molecule has 1 heterocycles. The zero-order chi connectivity index (χ0) is 8.55. The van der Waals surface area contributed by atoms with Gasteiger partial charge in [-0.2, -0.15) is 0 Å². The molecule has 0 aliphatic heterocycles. The van der Waals surface area contributed by atoms with Gasteiger partial charge < -0.3 is 0 Å². The number of fused-ring (bicyclic) bond motifs is 1. The fourth-order valence-electron chi connectivity index (χ4n) is 1.10. The highest BCUT2D eigenvalue weighted by molar-refractivity contribution is 6.31. The molecule has 0 unspecified atom stereocenters. The van der Waals surface area contributed by atoms with Gasteiger partial charge >= 0.3 is 0 Å². The second-order valence-corrected chi connectivity index (χ2v) is 3.06. The summed E-state index contributed by atoms with van der Waals surface area (Å²) in [6, 6.07) is 5.58. The summed E-state index contributed by atoms with van der Waals surface area (Å²) in [5, 5.41) is 1.70. The van der Waals surface area contributed by atoms with Crippen LogP contribution in [-0.4, -0.2) is 9.97 Å². The van der Waals surface area contributed by atoms with E-state index in [0.717, 1.165) is 21.7 Å². The van der Waals surface area contributed by atoms with E-state index in [0.29, 0.717) is 0 Å². The summed E-state index contributed by atoms with van der Waals surface area (Å²) in [5.74, 6) is 0.782. The molecule has 0 spiro atoms. The maximum Gasteiger partial charge on any atom is 0.125 e. The molecule has 0 saturated carbocycles. The molecule has 12 heavy (non-hydrogen) atoms. The van der Waals surface area contributed by atoms with Crippen molar-refractivity contribution in [2.24, 2.45) is 0 Å². The molecule has 1 aromatic heterocycles. The van der Waals surface area contributed by atoms with E-state index in [2.05, 4.69) is 9.97 Å². The van der Waals surface area contributed by atoms with E-state index in [1.165, 1.54) is 0 Å². The topological polar surface area (TPSA) is 25.8 Å². The molecule has 0 saturated heterocycles. The first-order valence-electron chi connectivity index (χ1n) is 3.64. The first kappa shape index (κ1) is 7.50. The summed E-state index contributed by atoms with van der Waals surface area (Å²) in [6.45, 7) is 1.87. The third kappa shape index (κ3) is 1.25. The summed E-state index contributed by atoms with van der Waals surface area (Å²) in [7, 11) is 0. The molecule has 0 radical (unpaired) electrons. The average Bonchev–Trinajstić information content (AvgIpc) is 2.05. The molecule has 2 aromatic rings. The van der Waals surface area contributed by atoms with Gasteiger partial charge in [-0.3, -0.25) is 0 Å². The van der Waals surface area contributed by atoms with Gasteiger partial charge in [0.05, 0.1) is 5.52 Å². The fourth-order valence-corrected chi connectivity index (χ4v) is 1.28. The van der Waals surface area contributed by atoms with Crippen molar-refractivity contribution in [1.29, 1.82) is 0 Å². The Kier molecular flexibility index (Phi) is 1.70. The number of aryl methyl sites for hydroxylation is 1. The zero-order valence-corrected chi connectivity index (χ0v) is 7.34. The van der Waals surface area contributed by atoms with Crippen LogP contribution in [0.1, 0.15) is 5.82 Å². The standard InChI is InChI=1S/C9H7ClN2/c1-6-11-5-7-4-8(10)2-3-9(7)12-6/h2-5H,1H3. The van der Waals surface area contributed by atoms with Gasteiger partial charge in [0, 0.05) is 16.6 Å². The molecular weight excluding hydrogens is 172 g/mol. The van der Waals surface area contributed by atoms with Crippen molar-refractivity contribution in [3.05, 3.63) is 35.2 Å². The molecule has 3 heteroatoms. The van der Waals surface area contributed by atoms with E-state index in [4.69, 9.17) is 11.6 Å². The highest BCUT2D eigenvalue weighted by Crippen LogP contribution is 2.16. The van der Waals surface area contributed by atoms with Crippen LogP contribution in [0, 0.1) is 6.92 Å². The smallest absolute Gasteiger partial charge is 0.125 e. The number of aromatic nitrogens is 2. The van der Waals surface area contributed by atoms with Gasteiger partial charge in [-0.25, -0.2) is 9.97 Å². The van der Waals surface area contributed by atoms with Crippen molar-refractivity contribution < 1.29 is 0 Å². The fraction of sp³-hybridized carbons (Fsp3) is 0.111. The van der Waals surface area contributed by atoms with Crippen LogP contribution in [0.5, 0.6) is 0 Å². The second-order valence-electron chi connectivity index (χ2n) is 2.62. The van der Waals surface area contributed by atoms with Crippen LogP contribution in [-0.2, 0) is 0 Å². The third-order valence-corrected chi connectivity index (χ3v) is 1.90. The van der Waals surface area contributed by atoms with Gasteiger partial charge in [-0.05, 0) is 25.1 Å². The predicted molar refractivity (Wildman–Crippen MR) is 49.3 cm³/mol. The SMILES string of the molecule is Cc1ncc2cc(Cl)ccc2n1. The molecule has 0 aliphatic carbocycles. The first-order valence-corrected chi connectivity index (χ1v) is 4.02. The molecule has 2 nitrogen and oxygen atoms in total. The summed E-state index contributed by atoms with van der Waals surface area (Å²) in [5.41, 5.74) is 0.937. The van der Waals surface area contributed by atoms with Crippen LogP contribution in [0.4, 0.5) is 0 Å². The van der Waals surface area contributed by atoms with Gasteiger partial charge in [0.2, 0.25) is 0 Å². The predicted octanol–water partition coefficient (Wildman–Crippen LogP) is 2.59. The highest BCUT2D eigenvalue weighted by atomic mass is 35.5. The summed E-state index contributed by atoms with van der Waals surface area (Å²) >= 11 is 5.80. The maximum absolute atomic E-state index is 5.80. The molecule has 2 rings (SSSR count). The van der Waals surface area contributed by atoms with Crippen molar-refractivity contribution in [2.45, 2.75) is 6.92 Å². The number of rotatable bonds is 0. The lowest BCUT2D eigenvalue weighted by Gasteiger charge is -1.97. The number of nitrogens with zero attached hydrogens (tertiary/aromatic N) is 2. The van der Waals surface area contributed by atoms with Crippen molar-refractivity contribution in [3.8, 4) is 0 Å². The average molecular weight is 179 g/mol. The lowest BCUT2D eigenvalue weighted by molar-refractivity contribution is 1.09. The summed E-state index contributed by atoms with van der Waals surface area (Å²) in [4.78, 5) is 8.33. The Labute approximate surface area is 75.2 Å². The lowest BCUT2D eigenvalue weighted by atomic mass is 10.2. The zero-order valence-electron chi connectivity index (χ0n) is 6.58. The molecule has 0 fully saturated rings. The molecule has 60 valence electrons. The van der Waals surface area contributed by atoms with E-state index in [1.807, 2.05) is 25.1 Å². The largest absolute Gasteiger partial charge is 0.241 e. The van der Waals surface area contributed by atoms with Crippen molar-refractivity contribution in [3.63, 3.8) is 0 Å². The van der Waals surface area contributed by atoms with Crippen molar-refractivity contribution in [1.82, 2.24) is 9.97 Å². The van der Waals surface area contributed by atoms with E-state index in [-0.39, 0.29) is 0 Å². The molecule has 0 N–H and O–H groups in total. The van der Waals surface area contributed by atoms with Gasteiger partial charge in [0.1, 0.15) is 5.82 Å². The molecule has 0 aliphatic rings. The van der Waals surface area contributed by atoms with Gasteiger partial charge in [-0.15, -0.1) is 0 Å². The van der Waals surface area contributed by atoms with Crippen LogP contribution in [0.15, 0.2) is 24.4 Å². The van der Waals surface area contributed by atoms with E-state index in [1.54, 1.807) is 6.20 Å². The molecular formula is C9H7ClN2. The van der Waals surface area contributed by atoms with Crippen LogP contribution in [0.3, 0.4) is 0 Å². The molecule has 0 atom stereocenters. The summed E-state index contributed by atoms with van der Waals surface area (Å²) < 4.78 is 0. The number of halogens is 1. The minimum absolute atomic E-state index is 0.718.